The van der Waals surface area contributed by atoms with Crippen molar-refractivity contribution in [1.82, 2.24) is 4.98 Å². The van der Waals surface area contributed by atoms with Gasteiger partial charge in [0.05, 0.1) is 23.1 Å². The Balaban J connectivity index is 1.96. The molecule has 1 saturated carbocycles. The van der Waals surface area contributed by atoms with Crippen molar-refractivity contribution >= 4 is 50.0 Å². The van der Waals surface area contributed by atoms with Crippen molar-refractivity contribution in [1.29, 1.82) is 0 Å². The Morgan fingerprint density at radius 3 is 3.10 bits per heavy atom. The number of pyridine rings is 1. The summed E-state index contributed by atoms with van der Waals surface area (Å²) in [6.07, 6.45) is 5.56. The zero-order valence-electron chi connectivity index (χ0n) is 12.1. The number of hydrogen-bond donors (Lipinski definition) is 2. The SMILES string of the molecule is CCSC1CCCC1Nc1c(N)cnc2ccc(Br)cc12. The lowest BCUT2D eigenvalue weighted by atomic mass is 10.1. The van der Waals surface area contributed by atoms with E-state index in [-0.39, 0.29) is 0 Å². The maximum absolute atomic E-state index is 6.19. The molecule has 2 aromatic rings. The van der Waals surface area contributed by atoms with Crippen molar-refractivity contribution in [2.45, 2.75) is 37.5 Å². The topological polar surface area (TPSA) is 50.9 Å². The second kappa shape index (κ2) is 6.44. The average Bonchev–Trinajstić information content (AvgIpc) is 2.90. The van der Waals surface area contributed by atoms with Crippen molar-refractivity contribution in [2.24, 2.45) is 0 Å². The molecule has 0 spiro atoms. The molecule has 1 aliphatic rings. The Kier molecular flexibility index (Phi) is 4.60. The molecule has 1 aromatic carbocycles. The van der Waals surface area contributed by atoms with Crippen molar-refractivity contribution in [3.63, 3.8) is 0 Å². The zero-order valence-corrected chi connectivity index (χ0v) is 14.5. The van der Waals surface area contributed by atoms with E-state index in [1.807, 2.05) is 12.1 Å². The van der Waals surface area contributed by atoms with Crippen LogP contribution in [0.1, 0.15) is 26.2 Å². The molecule has 0 radical (unpaired) electrons. The molecular formula is C16H20BrN3S. The number of nitrogens with one attached hydrogen (secondary N) is 1. The van der Waals surface area contributed by atoms with E-state index in [1.54, 1.807) is 6.20 Å². The molecule has 5 heteroatoms. The molecular weight excluding hydrogens is 346 g/mol. The van der Waals surface area contributed by atoms with Gasteiger partial charge in [-0.1, -0.05) is 29.3 Å². The third kappa shape index (κ3) is 3.14. The van der Waals surface area contributed by atoms with Crippen LogP contribution in [0.4, 0.5) is 11.4 Å². The van der Waals surface area contributed by atoms with Gasteiger partial charge in [0.15, 0.2) is 0 Å². The first-order valence-electron chi connectivity index (χ1n) is 7.41. The number of aromatic nitrogens is 1. The van der Waals surface area contributed by atoms with Gasteiger partial charge in [0.25, 0.3) is 0 Å². The van der Waals surface area contributed by atoms with Gasteiger partial charge in [-0.25, -0.2) is 0 Å². The van der Waals surface area contributed by atoms with E-state index in [0.29, 0.717) is 11.3 Å². The molecule has 1 aromatic heterocycles. The minimum absolute atomic E-state index is 0.502. The number of halogens is 1. The van der Waals surface area contributed by atoms with E-state index in [0.717, 1.165) is 26.8 Å². The Morgan fingerprint density at radius 2 is 2.29 bits per heavy atom. The van der Waals surface area contributed by atoms with Crippen LogP contribution in [-0.2, 0) is 0 Å². The van der Waals surface area contributed by atoms with Gasteiger partial charge in [0, 0.05) is 21.2 Å². The second-order valence-corrected chi connectivity index (χ2v) is 7.86. The van der Waals surface area contributed by atoms with E-state index in [1.165, 1.54) is 25.0 Å². The Hall–Kier alpha value is -0.940. The highest BCUT2D eigenvalue weighted by molar-refractivity contribution is 9.10. The summed E-state index contributed by atoms with van der Waals surface area (Å²) in [5, 5.41) is 5.49. The molecule has 2 unspecified atom stereocenters. The van der Waals surface area contributed by atoms with Crippen LogP contribution < -0.4 is 11.1 Å². The predicted molar refractivity (Wildman–Crippen MR) is 97.0 cm³/mol. The number of hydrogen-bond acceptors (Lipinski definition) is 4. The molecule has 3 N–H and O–H groups in total. The largest absolute Gasteiger partial charge is 0.396 e. The van der Waals surface area contributed by atoms with Gasteiger partial charge in [0.2, 0.25) is 0 Å². The van der Waals surface area contributed by atoms with Crippen LogP contribution in [0.5, 0.6) is 0 Å². The molecule has 0 saturated heterocycles. The van der Waals surface area contributed by atoms with E-state index >= 15 is 0 Å². The molecule has 0 amide bonds. The summed E-state index contributed by atoms with van der Waals surface area (Å²) in [4.78, 5) is 4.42. The van der Waals surface area contributed by atoms with Crippen LogP contribution in [0.3, 0.4) is 0 Å². The standard InChI is InChI=1S/C16H20BrN3S/c1-2-21-15-5-3-4-14(15)20-16-11-8-10(17)6-7-13(11)19-9-12(16)18/h6-9,14-15H,2-5,18H2,1H3,(H,19,20). The van der Waals surface area contributed by atoms with Gasteiger partial charge in [0.1, 0.15) is 0 Å². The molecule has 0 bridgehead atoms. The summed E-state index contributed by atoms with van der Waals surface area (Å²) in [6.45, 7) is 2.23. The molecule has 112 valence electrons. The lowest BCUT2D eigenvalue weighted by Gasteiger charge is -2.23. The van der Waals surface area contributed by atoms with Crippen LogP contribution in [0, 0.1) is 0 Å². The van der Waals surface area contributed by atoms with Gasteiger partial charge in [-0.3, -0.25) is 4.98 Å². The fourth-order valence-corrected chi connectivity index (χ4v) is 4.59. The van der Waals surface area contributed by atoms with Crippen LogP contribution >= 0.6 is 27.7 Å². The predicted octanol–water partition coefficient (Wildman–Crippen LogP) is 4.67. The normalized spacial score (nSPS) is 21.8. The molecule has 1 heterocycles. The average molecular weight is 366 g/mol. The summed E-state index contributed by atoms with van der Waals surface area (Å²) < 4.78 is 1.05. The first kappa shape index (κ1) is 15.0. The van der Waals surface area contributed by atoms with Crippen molar-refractivity contribution in [3.05, 3.63) is 28.9 Å². The summed E-state index contributed by atoms with van der Waals surface area (Å²) >= 11 is 5.59. The number of anilines is 2. The van der Waals surface area contributed by atoms with Gasteiger partial charge >= 0.3 is 0 Å². The van der Waals surface area contributed by atoms with Crippen LogP contribution in [0.25, 0.3) is 10.9 Å². The number of nitrogens with zero attached hydrogens (tertiary/aromatic N) is 1. The third-order valence-electron chi connectivity index (χ3n) is 4.02. The summed E-state index contributed by atoms with van der Waals surface area (Å²) in [6, 6.07) is 6.64. The van der Waals surface area contributed by atoms with Gasteiger partial charge in [-0.2, -0.15) is 11.8 Å². The van der Waals surface area contributed by atoms with Gasteiger partial charge in [-0.05, 0) is 36.8 Å². The molecule has 21 heavy (non-hydrogen) atoms. The molecule has 0 aliphatic heterocycles. The number of nitrogen functional groups attached to an aromatic ring is 1. The van der Waals surface area contributed by atoms with E-state index in [9.17, 15) is 0 Å². The summed E-state index contributed by atoms with van der Waals surface area (Å²) in [7, 11) is 0. The van der Waals surface area contributed by atoms with E-state index < -0.39 is 0 Å². The highest BCUT2D eigenvalue weighted by Crippen LogP contribution is 2.36. The number of rotatable bonds is 4. The fourth-order valence-electron chi connectivity index (χ4n) is 3.03. The number of fused-ring (bicyclic) bond motifs is 1. The van der Waals surface area contributed by atoms with Crippen molar-refractivity contribution < 1.29 is 0 Å². The number of nitrogens with two attached hydrogens (primary N) is 1. The first-order chi connectivity index (χ1) is 10.2. The Bertz CT molecular complexity index is 641. The summed E-state index contributed by atoms with van der Waals surface area (Å²) in [5.41, 5.74) is 8.93. The third-order valence-corrected chi connectivity index (χ3v) is 5.84. The first-order valence-corrected chi connectivity index (χ1v) is 9.25. The van der Waals surface area contributed by atoms with Crippen molar-refractivity contribution in [2.75, 3.05) is 16.8 Å². The molecule has 1 fully saturated rings. The molecule has 3 nitrogen and oxygen atoms in total. The lowest BCUT2D eigenvalue weighted by molar-refractivity contribution is 0.769. The highest BCUT2D eigenvalue weighted by Gasteiger charge is 2.27. The maximum Gasteiger partial charge on any atom is 0.0743 e. The van der Waals surface area contributed by atoms with Gasteiger partial charge < -0.3 is 11.1 Å². The highest BCUT2D eigenvalue weighted by atomic mass is 79.9. The van der Waals surface area contributed by atoms with Gasteiger partial charge in [-0.15, -0.1) is 0 Å². The minimum atomic E-state index is 0.502. The maximum atomic E-state index is 6.19. The van der Waals surface area contributed by atoms with Crippen LogP contribution in [0.2, 0.25) is 0 Å². The number of thioether (sulfide) groups is 1. The zero-order chi connectivity index (χ0) is 14.8. The fraction of sp³-hybridized carbons (Fsp3) is 0.438. The number of benzene rings is 1. The van der Waals surface area contributed by atoms with E-state index in [4.69, 9.17) is 5.73 Å². The molecule has 3 rings (SSSR count). The minimum Gasteiger partial charge on any atom is -0.396 e. The molecule has 2 atom stereocenters. The molecule has 1 aliphatic carbocycles. The van der Waals surface area contributed by atoms with E-state index in [2.05, 4.69) is 51.0 Å². The summed E-state index contributed by atoms with van der Waals surface area (Å²) in [5.74, 6) is 1.17. The smallest absolute Gasteiger partial charge is 0.0743 e. The second-order valence-electron chi connectivity index (χ2n) is 5.43. The lowest BCUT2D eigenvalue weighted by Crippen LogP contribution is -2.26. The Labute approximate surface area is 138 Å². The van der Waals surface area contributed by atoms with Crippen LogP contribution in [0.15, 0.2) is 28.9 Å². The Morgan fingerprint density at radius 1 is 1.43 bits per heavy atom. The van der Waals surface area contributed by atoms with Crippen LogP contribution in [-0.4, -0.2) is 22.0 Å². The quantitative estimate of drug-likeness (QED) is 0.826. The monoisotopic (exact) mass is 365 g/mol. The van der Waals surface area contributed by atoms with Crippen molar-refractivity contribution in [3.8, 4) is 0 Å².